The summed E-state index contributed by atoms with van der Waals surface area (Å²) in [5, 5.41) is 8.14. The van der Waals surface area contributed by atoms with Crippen molar-refractivity contribution in [1.82, 2.24) is 20.3 Å². The molecule has 0 unspecified atom stereocenters. The van der Waals surface area contributed by atoms with E-state index in [1.165, 1.54) is 6.33 Å². The number of anilines is 2. The number of methoxy groups -OCH3 is 1. The number of aryl methyl sites for hydroxylation is 1. The van der Waals surface area contributed by atoms with Crippen LogP contribution in [-0.4, -0.2) is 46.5 Å². The summed E-state index contributed by atoms with van der Waals surface area (Å²) in [6, 6.07) is 4.03. The Morgan fingerprint density at radius 1 is 1.22 bits per heavy atom. The second-order valence-corrected chi connectivity index (χ2v) is 8.30. The summed E-state index contributed by atoms with van der Waals surface area (Å²) in [6.45, 7) is 8.20. The van der Waals surface area contributed by atoms with Crippen molar-refractivity contribution >= 4 is 23.3 Å². The van der Waals surface area contributed by atoms with Gasteiger partial charge in [0.15, 0.2) is 5.82 Å². The second kappa shape index (κ2) is 9.23. The first-order chi connectivity index (χ1) is 13.1. The molecule has 1 saturated heterocycles. The Bertz CT molecular complexity index is 766. The molecule has 27 heavy (non-hydrogen) atoms. The standard InChI is InChI=1S/C19H27N5O2S/c1-12(2)27-16-6-5-15(13(3)23-16)24-18-17(25-4)19(22-11-21-18)26-14-7-9-20-10-8-14/h5-6,11-12,14,20H,7-10H2,1-4H3,(H,21,22,24). The zero-order valence-electron chi connectivity index (χ0n) is 16.3. The maximum atomic E-state index is 6.07. The molecule has 0 spiro atoms. The number of ether oxygens (including phenoxy) is 2. The summed E-state index contributed by atoms with van der Waals surface area (Å²) < 4.78 is 11.6. The lowest BCUT2D eigenvalue weighted by molar-refractivity contribution is 0.149. The van der Waals surface area contributed by atoms with Crippen LogP contribution in [0.25, 0.3) is 0 Å². The zero-order valence-corrected chi connectivity index (χ0v) is 17.1. The van der Waals surface area contributed by atoms with E-state index in [4.69, 9.17) is 9.47 Å². The molecule has 7 nitrogen and oxygen atoms in total. The van der Waals surface area contributed by atoms with Crippen molar-refractivity contribution in [3.63, 3.8) is 0 Å². The van der Waals surface area contributed by atoms with Crippen LogP contribution in [0.2, 0.25) is 0 Å². The van der Waals surface area contributed by atoms with Gasteiger partial charge in [-0.2, -0.15) is 4.98 Å². The van der Waals surface area contributed by atoms with E-state index >= 15 is 0 Å². The van der Waals surface area contributed by atoms with Crippen LogP contribution in [0, 0.1) is 6.92 Å². The Balaban J connectivity index is 1.79. The van der Waals surface area contributed by atoms with E-state index in [1.54, 1.807) is 18.9 Å². The van der Waals surface area contributed by atoms with E-state index in [2.05, 4.69) is 39.4 Å². The lowest BCUT2D eigenvalue weighted by Gasteiger charge is -2.24. The molecule has 1 fully saturated rings. The summed E-state index contributed by atoms with van der Waals surface area (Å²) >= 11 is 1.74. The first-order valence-electron chi connectivity index (χ1n) is 9.24. The topological polar surface area (TPSA) is 81.2 Å². The molecule has 0 amide bonds. The van der Waals surface area contributed by atoms with Gasteiger partial charge in [0.25, 0.3) is 5.88 Å². The van der Waals surface area contributed by atoms with Crippen LogP contribution in [0.4, 0.5) is 11.5 Å². The quantitative estimate of drug-likeness (QED) is 0.696. The molecule has 8 heteroatoms. The molecule has 3 rings (SSSR count). The monoisotopic (exact) mass is 389 g/mol. The average molecular weight is 390 g/mol. The molecule has 0 saturated carbocycles. The highest BCUT2D eigenvalue weighted by molar-refractivity contribution is 7.99. The van der Waals surface area contributed by atoms with Crippen molar-refractivity contribution in [2.75, 3.05) is 25.5 Å². The van der Waals surface area contributed by atoms with Crippen molar-refractivity contribution in [3.05, 3.63) is 24.2 Å². The number of nitrogens with zero attached hydrogens (tertiary/aromatic N) is 3. The predicted octanol–water partition coefficient (Wildman–Crippen LogP) is 3.56. The first-order valence-corrected chi connectivity index (χ1v) is 10.1. The van der Waals surface area contributed by atoms with Crippen LogP contribution < -0.4 is 20.1 Å². The highest BCUT2D eigenvalue weighted by atomic mass is 32.2. The van der Waals surface area contributed by atoms with Gasteiger partial charge in [0, 0.05) is 5.25 Å². The largest absolute Gasteiger partial charge is 0.489 e. The first kappa shape index (κ1) is 19.7. The Labute approximate surface area is 164 Å². The number of hydrogen-bond donors (Lipinski definition) is 2. The Morgan fingerprint density at radius 2 is 2.00 bits per heavy atom. The molecule has 0 bridgehead atoms. The summed E-state index contributed by atoms with van der Waals surface area (Å²) in [5.74, 6) is 1.56. The Hall–Kier alpha value is -2.06. The normalized spacial score (nSPS) is 15.0. The van der Waals surface area contributed by atoms with E-state index in [9.17, 15) is 0 Å². The Kier molecular flexibility index (Phi) is 6.73. The number of hydrogen-bond acceptors (Lipinski definition) is 8. The summed E-state index contributed by atoms with van der Waals surface area (Å²) in [7, 11) is 1.60. The smallest absolute Gasteiger partial charge is 0.262 e. The third kappa shape index (κ3) is 5.23. The van der Waals surface area contributed by atoms with Gasteiger partial charge in [0.1, 0.15) is 12.4 Å². The van der Waals surface area contributed by atoms with Gasteiger partial charge in [-0.15, -0.1) is 11.8 Å². The highest BCUT2D eigenvalue weighted by Crippen LogP contribution is 2.35. The van der Waals surface area contributed by atoms with Crippen LogP contribution in [0.3, 0.4) is 0 Å². The number of piperidine rings is 1. The molecule has 0 aliphatic carbocycles. The van der Waals surface area contributed by atoms with Gasteiger partial charge in [0.2, 0.25) is 5.75 Å². The van der Waals surface area contributed by atoms with Crippen LogP contribution in [0.5, 0.6) is 11.6 Å². The molecule has 2 aromatic heterocycles. The molecule has 146 valence electrons. The van der Waals surface area contributed by atoms with Crippen molar-refractivity contribution < 1.29 is 9.47 Å². The number of rotatable bonds is 7. The van der Waals surface area contributed by atoms with Gasteiger partial charge in [0.05, 0.1) is 23.5 Å². The number of nitrogens with one attached hydrogen (secondary N) is 2. The lowest BCUT2D eigenvalue weighted by Crippen LogP contribution is -2.34. The highest BCUT2D eigenvalue weighted by Gasteiger charge is 2.20. The van der Waals surface area contributed by atoms with E-state index in [-0.39, 0.29) is 6.10 Å². The van der Waals surface area contributed by atoms with Gasteiger partial charge < -0.3 is 20.1 Å². The number of aromatic nitrogens is 3. The van der Waals surface area contributed by atoms with Crippen molar-refractivity contribution in [2.24, 2.45) is 0 Å². The predicted molar refractivity (Wildman–Crippen MR) is 108 cm³/mol. The fourth-order valence-electron chi connectivity index (χ4n) is 2.89. The lowest BCUT2D eigenvalue weighted by atomic mass is 10.1. The van der Waals surface area contributed by atoms with Crippen LogP contribution in [-0.2, 0) is 0 Å². The fraction of sp³-hybridized carbons (Fsp3) is 0.526. The van der Waals surface area contributed by atoms with Gasteiger partial charge in [-0.25, -0.2) is 9.97 Å². The number of thioether (sulfide) groups is 1. The molecule has 1 aliphatic rings. The SMILES string of the molecule is COc1c(Nc2ccc(SC(C)C)nc2C)ncnc1OC1CCNCC1. The minimum atomic E-state index is 0.138. The molecule has 0 radical (unpaired) electrons. The fourth-order valence-corrected chi connectivity index (χ4v) is 3.71. The third-order valence-corrected chi connectivity index (χ3v) is 5.15. The summed E-state index contributed by atoms with van der Waals surface area (Å²) in [5.41, 5.74) is 1.79. The van der Waals surface area contributed by atoms with E-state index < -0.39 is 0 Å². The number of pyridine rings is 1. The minimum absolute atomic E-state index is 0.138. The summed E-state index contributed by atoms with van der Waals surface area (Å²) in [4.78, 5) is 13.3. The summed E-state index contributed by atoms with van der Waals surface area (Å²) in [6.07, 6.45) is 3.54. The van der Waals surface area contributed by atoms with Crippen LogP contribution in [0.1, 0.15) is 32.4 Å². The molecule has 0 atom stereocenters. The van der Waals surface area contributed by atoms with Gasteiger partial charge >= 0.3 is 0 Å². The Morgan fingerprint density at radius 3 is 2.67 bits per heavy atom. The van der Waals surface area contributed by atoms with Gasteiger partial charge in [-0.05, 0) is 45.0 Å². The average Bonchev–Trinajstić information content (AvgIpc) is 2.64. The molecular weight excluding hydrogens is 362 g/mol. The molecule has 3 heterocycles. The molecular formula is C19H27N5O2S. The van der Waals surface area contributed by atoms with Crippen molar-refractivity contribution in [3.8, 4) is 11.6 Å². The minimum Gasteiger partial charge on any atom is -0.489 e. The molecule has 2 N–H and O–H groups in total. The molecule has 1 aliphatic heterocycles. The molecule has 2 aromatic rings. The van der Waals surface area contributed by atoms with Gasteiger partial charge in [-0.3, -0.25) is 0 Å². The maximum absolute atomic E-state index is 6.07. The van der Waals surface area contributed by atoms with E-state index in [0.717, 1.165) is 42.3 Å². The van der Waals surface area contributed by atoms with Crippen molar-refractivity contribution in [1.29, 1.82) is 0 Å². The molecule has 0 aromatic carbocycles. The maximum Gasteiger partial charge on any atom is 0.262 e. The van der Waals surface area contributed by atoms with Crippen molar-refractivity contribution in [2.45, 2.75) is 50.0 Å². The second-order valence-electron chi connectivity index (χ2n) is 6.70. The zero-order chi connectivity index (χ0) is 19.2. The van der Waals surface area contributed by atoms with Gasteiger partial charge in [-0.1, -0.05) is 13.8 Å². The third-order valence-electron chi connectivity index (χ3n) is 4.21. The van der Waals surface area contributed by atoms with Crippen LogP contribution >= 0.6 is 11.8 Å². The van der Waals surface area contributed by atoms with E-state index in [1.807, 2.05) is 19.1 Å². The van der Waals surface area contributed by atoms with E-state index in [0.29, 0.717) is 22.7 Å². The van der Waals surface area contributed by atoms with Crippen LogP contribution in [0.15, 0.2) is 23.5 Å².